The summed E-state index contributed by atoms with van der Waals surface area (Å²) < 4.78 is 16.7. The van der Waals surface area contributed by atoms with Gasteiger partial charge < -0.3 is 24.4 Å². The SMILES string of the molecule is CN(Cc1ccc2c(c1)OCCO2)C(=O)CN1C(=O)NC2(CCOc3ccccc32)C1=O. The van der Waals surface area contributed by atoms with Crippen LogP contribution in [0.1, 0.15) is 17.5 Å². The smallest absolute Gasteiger partial charge is 0.325 e. The summed E-state index contributed by atoms with van der Waals surface area (Å²) in [6.45, 7) is 1.26. The van der Waals surface area contributed by atoms with Crippen LogP contribution in [0.25, 0.3) is 0 Å². The number of nitrogens with zero attached hydrogens (tertiary/aromatic N) is 2. The number of carbonyl (C=O) groups is 3. The van der Waals surface area contributed by atoms with E-state index in [-0.39, 0.29) is 12.5 Å². The van der Waals surface area contributed by atoms with Crippen LogP contribution in [0.4, 0.5) is 4.79 Å². The number of nitrogens with one attached hydrogen (secondary N) is 1. The lowest BCUT2D eigenvalue weighted by Gasteiger charge is -2.33. The molecule has 32 heavy (non-hydrogen) atoms. The summed E-state index contributed by atoms with van der Waals surface area (Å²) >= 11 is 0. The fourth-order valence-corrected chi connectivity index (χ4v) is 4.32. The Morgan fingerprint density at radius 1 is 1.03 bits per heavy atom. The molecule has 1 unspecified atom stereocenters. The van der Waals surface area contributed by atoms with E-state index < -0.39 is 17.5 Å². The number of urea groups is 1. The largest absolute Gasteiger partial charge is 0.493 e. The van der Waals surface area contributed by atoms with Gasteiger partial charge in [0, 0.05) is 25.6 Å². The second-order valence-electron chi connectivity index (χ2n) is 8.05. The van der Waals surface area contributed by atoms with Crippen LogP contribution in [0.3, 0.4) is 0 Å². The van der Waals surface area contributed by atoms with Gasteiger partial charge >= 0.3 is 6.03 Å². The molecule has 1 N–H and O–H groups in total. The lowest BCUT2D eigenvalue weighted by molar-refractivity contribution is -0.139. The van der Waals surface area contributed by atoms with Gasteiger partial charge in [-0.1, -0.05) is 24.3 Å². The number of ether oxygens (including phenoxy) is 3. The molecule has 4 amide bonds. The molecule has 0 aromatic heterocycles. The van der Waals surface area contributed by atoms with E-state index >= 15 is 0 Å². The monoisotopic (exact) mass is 437 g/mol. The number of benzene rings is 2. The molecule has 5 rings (SSSR count). The molecule has 0 saturated carbocycles. The van der Waals surface area contributed by atoms with Crippen molar-refractivity contribution in [1.29, 1.82) is 0 Å². The fourth-order valence-electron chi connectivity index (χ4n) is 4.32. The molecule has 0 bridgehead atoms. The van der Waals surface area contributed by atoms with E-state index in [0.717, 1.165) is 10.5 Å². The Kier molecular flexibility index (Phi) is 4.88. The Morgan fingerprint density at radius 3 is 2.62 bits per heavy atom. The minimum Gasteiger partial charge on any atom is -0.493 e. The van der Waals surface area contributed by atoms with Crippen molar-refractivity contribution in [3.05, 3.63) is 53.6 Å². The minimum absolute atomic E-state index is 0.300. The third kappa shape index (κ3) is 3.30. The van der Waals surface area contributed by atoms with Crippen molar-refractivity contribution < 1.29 is 28.6 Å². The van der Waals surface area contributed by atoms with Crippen molar-refractivity contribution in [3.8, 4) is 17.2 Å². The summed E-state index contributed by atoms with van der Waals surface area (Å²) in [5, 5.41) is 2.81. The van der Waals surface area contributed by atoms with Gasteiger partial charge in [-0.15, -0.1) is 0 Å². The second-order valence-corrected chi connectivity index (χ2v) is 8.05. The van der Waals surface area contributed by atoms with Crippen LogP contribution >= 0.6 is 0 Å². The van der Waals surface area contributed by atoms with Crippen molar-refractivity contribution in [3.63, 3.8) is 0 Å². The maximum atomic E-state index is 13.3. The summed E-state index contributed by atoms with van der Waals surface area (Å²) in [6.07, 6.45) is 0.312. The van der Waals surface area contributed by atoms with Gasteiger partial charge in [-0.05, 0) is 23.8 Å². The van der Waals surface area contributed by atoms with E-state index in [4.69, 9.17) is 14.2 Å². The first kappa shape index (κ1) is 20.2. The topological polar surface area (TPSA) is 97.4 Å². The van der Waals surface area contributed by atoms with Gasteiger partial charge in [0.25, 0.3) is 5.91 Å². The van der Waals surface area contributed by atoms with Crippen molar-refractivity contribution in [2.24, 2.45) is 0 Å². The van der Waals surface area contributed by atoms with Gasteiger partial charge in [-0.25, -0.2) is 4.79 Å². The van der Waals surface area contributed by atoms with Gasteiger partial charge in [-0.2, -0.15) is 0 Å². The average molecular weight is 437 g/mol. The highest BCUT2D eigenvalue weighted by atomic mass is 16.6. The number of imide groups is 1. The molecule has 1 spiro atoms. The van der Waals surface area contributed by atoms with E-state index in [1.165, 1.54) is 4.90 Å². The predicted octanol–water partition coefficient (Wildman–Crippen LogP) is 1.65. The minimum atomic E-state index is -1.19. The number of fused-ring (bicyclic) bond motifs is 3. The summed E-state index contributed by atoms with van der Waals surface area (Å²) in [7, 11) is 1.64. The summed E-state index contributed by atoms with van der Waals surface area (Å²) in [5.41, 5.74) is 0.280. The third-order valence-electron chi connectivity index (χ3n) is 6.00. The van der Waals surface area contributed by atoms with Crippen LogP contribution in [-0.2, 0) is 21.7 Å². The molecule has 1 fully saturated rings. The van der Waals surface area contributed by atoms with Crippen molar-refractivity contribution in [1.82, 2.24) is 15.1 Å². The molecule has 0 radical (unpaired) electrons. The van der Waals surface area contributed by atoms with Gasteiger partial charge in [0.2, 0.25) is 5.91 Å². The van der Waals surface area contributed by atoms with E-state index in [1.807, 2.05) is 24.3 Å². The summed E-state index contributed by atoms with van der Waals surface area (Å²) in [4.78, 5) is 41.4. The maximum absolute atomic E-state index is 13.3. The average Bonchev–Trinajstić information content (AvgIpc) is 3.04. The van der Waals surface area contributed by atoms with Crippen LogP contribution in [0.2, 0.25) is 0 Å². The van der Waals surface area contributed by atoms with Crippen LogP contribution in [0.5, 0.6) is 17.2 Å². The molecule has 3 aliphatic rings. The fraction of sp³-hybridized carbons (Fsp3) is 0.348. The van der Waals surface area contributed by atoms with E-state index in [1.54, 1.807) is 25.2 Å². The van der Waals surface area contributed by atoms with Crippen LogP contribution in [0, 0.1) is 0 Å². The van der Waals surface area contributed by atoms with Crippen molar-refractivity contribution >= 4 is 17.8 Å². The van der Waals surface area contributed by atoms with Crippen molar-refractivity contribution in [2.45, 2.75) is 18.5 Å². The number of hydrogen-bond donors (Lipinski definition) is 1. The normalized spacial score (nSPS) is 21.1. The number of rotatable bonds is 4. The number of likely N-dealkylation sites (N-methyl/N-ethyl adjacent to an activating group) is 1. The Bertz CT molecular complexity index is 1100. The molecular weight excluding hydrogens is 414 g/mol. The number of hydrogen-bond acceptors (Lipinski definition) is 6. The maximum Gasteiger partial charge on any atom is 0.325 e. The number of carbonyl (C=O) groups excluding carboxylic acids is 3. The molecule has 1 atom stereocenters. The second kappa shape index (κ2) is 7.74. The molecule has 2 aromatic carbocycles. The van der Waals surface area contributed by atoms with Crippen LogP contribution in [0.15, 0.2) is 42.5 Å². The first-order valence-electron chi connectivity index (χ1n) is 10.5. The molecule has 9 nitrogen and oxygen atoms in total. The highest BCUT2D eigenvalue weighted by Crippen LogP contribution is 2.41. The van der Waals surface area contributed by atoms with Gasteiger partial charge in [0.05, 0.1) is 6.61 Å². The Hall–Kier alpha value is -3.75. The van der Waals surface area contributed by atoms with E-state index in [9.17, 15) is 14.4 Å². The molecule has 3 aliphatic heterocycles. The Balaban J connectivity index is 1.30. The van der Waals surface area contributed by atoms with Gasteiger partial charge in [-0.3, -0.25) is 14.5 Å². The first-order valence-corrected chi connectivity index (χ1v) is 10.5. The number of para-hydroxylation sites is 1. The van der Waals surface area contributed by atoms with Gasteiger partial charge in [0.15, 0.2) is 17.0 Å². The zero-order valence-corrected chi connectivity index (χ0v) is 17.6. The van der Waals surface area contributed by atoms with Crippen LogP contribution < -0.4 is 19.5 Å². The molecular formula is C23H23N3O6. The Morgan fingerprint density at radius 2 is 1.78 bits per heavy atom. The Labute approximate surface area is 184 Å². The highest BCUT2D eigenvalue weighted by molar-refractivity contribution is 6.09. The lowest BCUT2D eigenvalue weighted by Crippen LogP contribution is -2.48. The van der Waals surface area contributed by atoms with Crippen LogP contribution in [-0.4, -0.2) is 61.1 Å². The molecule has 9 heteroatoms. The zero-order valence-electron chi connectivity index (χ0n) is 17.6. The predicted molar refractivity (Wildman–Crippen MR) is 112 cm³/mol. The molecule has 2 aromatic rings. The molecule has 166 valence electrons. The highest BCUT2D eigenvalue weighted by Gasteiger charge is 2.55. The molecule has 3 heterocycles. The summed E-state index contributed by atoms with van der Waals surface area (Å²) in [5.74, 6) is 1.11. The zero-order chi connectivity index (χ0) is 22.3. The first-order chi connectivity index (χ1) is 15.5. The molecule has 1 saturated heterocycles. The molecule has 0 aliphatic carbocycles. The number of amides is 4. The third-order valence-corrected chi connectivity index (χ3v) is 6.00. The van der Waals surface area contributed by atoms with E-state index in [0.29, 0.717) is 55.6 Å². The van der Waals surface area contributed by atoms with E-state index in [2.05, 4.69) is 5.32 Å². The quantitative estimate of drug-likeness (QED) is 0.731. The van der Waals surface area contributed by atoms with Gasteiger partial charge in [0.1, 0.15) is 25.5 Å². The van der Waals surface area contributed by atoms with Crippen molar-refractivity contribution in [2.75, 3.05) is 33.4 Å². The summed E-state index contributed by atoms with van der Waals surface area (Å²) in [6, 6.07) is 12.1. The standard InChI is InChI=1S/C23H23N3O6/c1-25(13-15-6-7-18-19(12-15)32-11-10-31-18)20(27)14-26-21(28)23(24-22(26)29)8-9-30-17-5-3-2-4-16(17)23/h2-7,12H,8-11,13-14H2,1H3,(H,24,29). The lowest BCUT2D eigenvalue weighted by atomic mass is 9.84.